The normalized spacial score (nSPS) is 54.5. The average Bonchev–Trinajstić information content (AvgIpc) is 2.77. The zero-order valence-corrected chi connectivity index (χ0v) is 13.7. The first-order valence-corrected chi connectivity index (χ1v) is 8.22. The van der Waals surface area contributed by atoms with Crippen LogP contribution in [-0.2, 0) is 9.47 Å². The summed E-state index contributed by atoms with van der Waals surface area (Å²) in [6.07, 6.45) is 6.91. The van der Waals surface area contributed by atoms with Crippen molar-refractivity contribution in [3.05, 3.63) is 11.6 Å². The molecule has 0 aromatic heterocycles. The van der Waals surface area contributed by atoms with Crippen molar-refractivity contribution in [2.45, 2.75) is 78.8 Å². The molecule has 0 N–H and O–H groups in total. The molecular weight excluding hydrogens is 248 g/mol. The highest BCUT2D eigenvalue weighted by Gasteiger charge is 2.78. The molecule has 1 saturated heterocycles. The molecule has 2 saturated carbocycles. The van der Waals surface area contributed by atoms with Crippen molar-refractivity contribution in [2.75, 3.05) is 0 Å². The fraction of sp³-hybridized carbons (Fsp3) is 0.889. The van der Waals surface area contributed by atoms with Gasteiger partial charge in [-0.15, -0.1) is 0 Å². The third-order valence-corrected chi connectivity index (χ3v) is 7.28. The van der Waals surface area contributed by atoms with Crippen molar-refractivity contribution in [3.63, 3.8) is 0 Å². The lowest BCUT2D eigenvalue weighted by atomic mass is 9.56. The quantitative estimate of drug-likeness (QED) is 0.614. The van der Waals surface area contributed by atoms with Gasteiger partial charge in [-0.1, -0.05) is 39.3 Å². The summed E-state index contributed by atoms with van der Waals surface area (Å²) in [5, 5.41) is 0. The lowest BCUT2D eigenvalue weighted by Crippen LogP contribution is -2.46. The molecule has 20 heavy (non-hydrogen) atoms. The van der Waals surface area contributed by atoms with Crippen molar-refractivity contribution >= 4 is 0 Å². The molecule has 112 valence electrons. The molecule has 3 aliphatic carbocycles. The number of ether oxygens (including phenoxy) is 2. The van der Waals surface area contributed by atoms with Gasteiger partial charge in [0, 0.05) is 10.8 Å². The predicted octanol–water partition coefficient (Wildman–Crippen LogP) is 4.30. The predicted molar refractivity (Wildman–Crippen MR) is 79.2 cm³/mol. The van der Waals surface area contributed by atoms with Crippen molar-refractivity contribution in [2.24, 2.45) is 22.2 Å². The van der Waals surface area contributed by atoms with Crippen molar-refractivity contribution in [1.82, 2.24) is 0 Å². The summed E-state index contributed by atoms with van der Waals surface area (Å²) < 4.78 is 12.8. The van der Waals surface area contributed by atoms with Crippen LogP contribution in [0.15, 0.2) is 11.6 Å². The maximum atomic E-state index is 6.44. The molecule has 3 fully saturated rings. The summed E-state index contributed by atoms with van der Waals surface area (Å²) in [6.45, 7) is 13.8. The van der Waals surface area contributed by atoms with E-state index < -0.39 is 5.79 Å². The van der Waals surface area contributed by atoms with Gasteiger partial charge in [-0.2, -0.15) is 0 Å². The summed E-state index contributed by atoms with van der Waals surface area (Å²) in [5.74, 6) is 0.395. The highest BCUT2D eigenvalue weighted by molar-refractivity contribution is 5.44. The maximum absolute atomic E-state index is 6.44. The Labute approximate surface area is 122 Å². The molecule has 0 unspecified atom stereocenters. The number of hydrogen-bond donors (Lipinski definition) is 0. The Morgan fingerprint density at radius 1 is 1.05 bits per heavy atom. The number of fused-ring (bicyclic) bond motifs is 3. The first-order chi connectivity index (χ1) is 9.14. The topological polar surface area (TPSA) is 18.5 Å². The van der Waals surface area contributed by atoms with Crippen LogP contribution in [0, 0.1) is 22.2 Å². The lowest BCUT2D eigenvalue weighted by Gasteiger charge is -2.49. The fourth-order valence-corrected chi connectivity index (χ4v) is 5.90. The van der Waals surface area contributed by atoms with Gasteiger partial charge in [0.05, 0.1) is 12.2 Å². The van der Waals surface area contributed by atoms with Gasteiger partial charge in [0.15, 0.2) is 5.79 Å². The van der Waals surface area contributed by atoms with Crippen LogP contribution in [0.25, 0.3) is 0 Å². The van der Waals surface area contributed by atoms with Crippen LogP contribution < -0.4 is 0 Å². The first kappa shape index (κ1) is 13.3. The molecular formula is C18H28O2. The molecule has 1 heterocycles. The Hall–Kier alpha value is -0.340. The van der Waals surface area contributed by atoms with Gasteiger partial charge >= 0.3 is 0 Å². The summed E-state index contributed by atoms with van der Waals surface area (Å²) in [4.78, 5) is 0. The first-order valence-electron chi connectivity index (χ1n) is 8.22. The number of rotatable bonds is 0. The third-order valence-electron chi connectivity index (χ3n) is 7.28. The van der Waals surface area contributed by atoms with Gasteiger partial charge in [0.1, 0.15) is 0 Å². The Bertz CT molecular complexity index is 504. The molecule has 5 atom stereocenters. The van der Waals surface area contributed by atoms with Gasteiger partial charge in [-0.05, 0) is 44.4 Å². The smallest absolute Gasteiger partial charge is 0.163 e. The van der Waals surface area contributed by atoms with Crippen molar-refractivity contribution in [3.8, 4) is 0 Å². The fourth-order valence-electron chi connectivity index (χ4n) is 5.90. The molecule has 2 nitrogen and oxygen atoms in total. The Kier molecular flexibility index (Phi) is 2.24. The Morgan fingerprint density at radius 2 is 1.70 bits per heavy atom. The molecule has 0 aromatic carbocycles. The molecule has 0 aromatic rings. The maximum Gasteiger partial charge on any atom is 0.163 e. The zero-order chi connectivity index (χ0) is 14.6. The largest absolute Gasteiger partial charge is 0.344 e. The Morgan fingerprint density at radius 3 is 2.40 bits per heavy atom. The minimum absolute atomic E-state index is 0.116. The standard InChI is InChI=1S/C18H28O2/c1-11-7-8-18-12(9-11)10-17(6,15(18,2)3)13-14(18)20-16(4,5)19-13/h10-11,13-14H,7-9H2,1-6H3/t11-,13+,14-,17-,18-/m1/s1. The van der Waals surface area contributed by atoms with Crippen LogP contribution in [0.5, 0.6) is 0 Å². The van der Waals surface area contributed by atoms with Crippen LogP contribution >= 0.6 is 0 Å². The molecule has 4 rings (SSSR count). The van der Waals surface area contributed by atoms with Gasteiger partial charge in [-0.25, -0.2) is 0 Å². The molecule has 0 amide bonds. The van der Waals surface area contributed by atoms with E-state index in [0.717, 1.165) is 5.92 Å². The summed E-state index contributed by atoms with van der Waals surface area (Å²) in [6, 6.07) is 0. The van der Waals surface area contributed by atoms with E-state index >= 15 is 0 Å². The van der Waals surface area contributed by atoms with Gasteiger partial charge < -0.3 is 9.47 Å². The minimum atomic E-state index is -0.424. The third kappa shape index (κ3) is 1.17. The van der Waals surface area contributed by atoms with Gasteiger partial charge in [0.25, 0.3) is 0 Å². The second kappa shape index (κ2) is 3.35. The second-order valence-corrected chi connectivity index (χ2v) is 8.87. The van der Waals surface area contributed by atoms with E-state index in [4.69, 9.17) is 9.47 Å². The lowest BCUT2D eigenvalue weighted by molar-refractivity contribution is -0.189. The van der Waals surface area contributed by atoms with E-state index in [2.05, 4.69) is 47.6 Å². The van der Waals surface area contributed by atoms with Crippen molar-refractivity contribution in [1.29, 1.82) is 0 Å². The number of hydrogen-bond acceptors (Lipinski definition) is 2. The van der Waals surface area contributed by atoms with Crippen LogP contribution in [-0.4, -0.2) is 18.0 Å². The van der Waals surface area contributed by atoms with Crippen LogP contribution in [0.4, 0.5) is 0 Å². The average molecular weight is 276 g/mol. The molecule has 2 bridgehead atoms. The van der Waals surface area contributed by atoms with Gasteiger partial charge in [0.2, 0.25) is 0 Å². The molecule has 1 aliphatic heterocycles. The van der Waals surface area contributed by atoms with Crippen molar-refractivity contribution < 1.29 is 9.47 Å². The molecule has 0 radical (unpaired) electrons. The van der Waals surface area contributed by atoms with E-state index in [1.165, 1.54) is 19.3 Å². The van der Waals surface area contributed by atoms with Crippen LogP contribution in [0.2, 0.25) is 0 Å². The van der Waals surface area contributed by atoms with E-state index in [0.29, 0.717) is 0 Å². The SMILES string of the molecule is C[C@@H]1CC[C@@]23C(=C[C@](C)([C@H]4OC(C)(C)O[C@H]42)C3(C)C)C1. The molecule has 1 spiro atoms. The Balaban J connectivity index is 1.88. The highest BCUT2D eigenvalue weighted by Crippen LogP contribution is 2.77. The molecule has 4 aliphatic rings. The highest BCUT2D eigenvalue weighted by atomic mass is 16.8. The van der Waals surface area contributed by atoms with E-state index in [-0.39, 0.29) is 28.5 Å². The van der Waals surface area contributed by atoms with Crippen LogP contribution in [0.3, 0.4) is 0 Å². The summed E-state index contributed by atoms with van der Waals surface area (Å²) in [7, 11) is 0. The monoisotopic (exact) mass is 276 g/mol. The summed E-state index contributed by atoms with van der Waals surface area (Å²) in [5.41, 5.74) is 2.24. The zero-order valence-electron chi connectivity index (χ0n) is 13.7. The minimum Gasteiger partial charge on any atom is -0.344 e. The van der Waals surface area contributed by atoms with E-state index in [1.807, 2.05) is 0 Å². The molecule has 2 heteroatoms. The summed E-state index contributed by atoms with van der Waals surface area (Å²) >= 11 is 0. The second-order valence-electron chi connectivity index (χ2n) is 8.87. The van der Waals surface area contributed by atoms with E-state index in [9.17, 15) is 0 Å². The van der Waals surface area contributed by atoms with Gasteiger partial charge in [-0.3, -0.25) is 0 Å². The van der Waals surface area contributed by atoms with E-state index in [1.54, 1.807) is 5.57 Å². The van der Waals surface area contributed by atoms with Crippen LogP contribution in [0.1, 0.15) is 60.8 Å².